The molecule has 0 unspecified atom stereocenters. The van der Waals surface area contributed by atoms with E-state index in [1.807, 2.05) is 41.1 Å². The van der Waals surface area contributed by atoms with Crippen LogP contribution in [0.3, 0.4) is 0 Å². The molecule has 7 heteroatoms. The summed E-state index contributed by atoms with van der Waals surface area (Å²) in [6.45, 7) is 0. The van der Waals surface area contributed by atoms with Crippen LogP contribution in [0.25, 0.3) is 22.7 Å². The second-order valence-corrected chi connectivity index (χ2v) is 5.71. The largest absolute Gasteiger partial charge is 0.305 e. The molecule has 4 heterocycles. The van der Waals surface area contributed by atoms with E-state index in [1.54, 1.807) is 18.6 Å². The number of hydrogen-bond donors (Lipinski definition) is 0. The Hall–Kier alpha value is -2.29. The van der Waals surface area contributed by atoms with Crippen LogP contribution >= 0.6 is 22.6 Å². The summed E-state index contributed by atoms with van der Waals surface area (Å²) in [4.78, 5) is 10.5. The molecule has 0 aliphatic rings. The quantitative estimate of drug-likeness (QED) is 0.499. The van der Waals surface area contributed by atoms with Gasteiger partial charge in [0.05, 0.1) is 18.1 Å². The summed E-state index contributed by atoms with van der Waals surface area (Å²) in [7, 11) is 0. The van der Waals surface area contributed by atoms with Gasteiger partial charge >= 0.3 is 0 Å². The maximum atomic E-state index is 4.60. The van der Waals surface area contributed by atoms with E-state index in [4.69, 9.17) is 0 Å². The van der Waals surface area contributed by atoms with Crippen LogP contribution in [0.4, 0.5) is 0 Å². The molecule has 21 heavy (non-hydrogen) atoms. The van der Waals surface area contributed by atoms with Gasteiger partial charge in [0.25, 0.3) is 0 Å². The van der Waals surface area contributed by atoms with Crippen molar-refractivity contribution in [2.24, 2.45) is 0 Å². The van der Waals surface area contributed by atoms with Gasteiger partial charge in [0.1, 0.15) is 5.65 Å². The van der Waals surface area contributed by atoms with Crippen molar-refractivity contribution in [3.63, 3.8) is 0 Å². The first-order valence-electron chi connectivity index (χ1n) is 6.27. The Labute approximate surface area is 133 Å². The number of imidazole rings is 1. The number of halogens is 1. The van der Waals surface area contributed by atoms with E-state index in [-0.39, 0.29) is 0 Å². The molecule has 0 fully saturated rings. The Morgan fingerprint density at radius 3 is 2.57 bits per heavy atom. The molecule has 0 spiro atoms. The molecule has 0 radical (unpaired) electrons. The molecular formula is C14H9IN6. The average Bonchev–Trinajstić information content (AvgIpc) is 3.16. The van der Waals surface area contributed by atoms with Crippen molar-refractivity contribution in [2.45, 2.75) is 0 Å². The van der Waals surface area contributed by atoms with E-state index in [0.29, 0.717) is 5.82 Å². The molecule has 4 rings (SSSR count). The molecule has 0 bridgehead atoms. The maximum Gasteiger partial charge on any atom is 0.174 e. The normalized spacial score (nSPS) is 11.1. The van der Waals surface area contributed by atoms with Crippen molar-refractivity contribution in [2.75, 3.05) is 0 Å². The van der Waals surface area contributed by atoms with Crippen molar-refractivity contribution < 1.29 is 0 Å². The Kier molecular flexibility index (Phi) is 2.92. The Bertz CT molecular complexity index is 895. The zero-order valence-corrected chi connectivity index (χ0v) is 12.9. The summed E-state index contributed by atoms with van der Waals surface area (Å²) in [6, 6.07) is 7.89. The average molecular weight is 384 g/mol. The number of rotatable bonds is 2. The highest BCUT2D eigenvalue weighted by Gasteiger charge is 2.06. The van der Waals surface area contributed by atoms with Crippen molar-refractivity contribution in [3.05, 3.63) is 58.8 Å². The summed E-state index contributed by atoms with van der Waals surface area (Å²) >= 11 is 2.28. The maximum absolute atomic E-state index is 4.60. The fourth-order valence-electron chi connectivity index (χ4n) is 2.09. The smallest absolute Gasteiger partial charge is 0.174 e. The van der Waals surface area contributed by atoms with Crippen LogP contribution in [-0.2, 0) is 0 Å². The minimum absolute atomic E-state index is 0.682. The first kappa shape index (κ1) is 12.5. The first-order chi connectivity index (χ1) is 10.3. The van der Waals surface area contributed by atoms with E-state index in [0.717, 1.165) is 16.9 Å². The minimum atomic E-state index is 0.682. The second-order valence-electron chi connectivity index (χ2n) is 4.46. The predicted octanol–water partition coefficient (Wildman–Crippen LogP) is 2.58. The molecule has 0 aliphatic heterocycles. The molecule has 0 N–H and O–H groups in total. The molecule has 0 aliphatic carbocycles. The number of nitrogens with zero attached hydrogens (tertiary/aromatic N) is 6. The highest BCUT2D eigenvalue weighted by molar-refractivity contribution is 14.1. The third-order valence-corrected chi connectivity index (χ3v) is 3.72. The van der Waals surface area contributed by atoms with Crippen molar-refractivity contribution >= 4 is 28.2 Å². The topological polar surface area (TPSA) is 60.9 Å². The number of pyridine rings is 2. The molecule has 102 valence electrons. The Balaban J connectivity index is 1.74. The van der Waals surface area contributed by atoms with Gasteiger partial charge in [0.15, 0.2) is 5.82 Å². The summed E-state index contributed by atoms with van der Waals surface area (Å²) in [5, 5.41) is 8.11. The lowest BCUT2D eigenvalue weighted by molar-refractivity contribution is 0.729. The van der Waals surface area contributed by atoms with Gasteiger partial charge in [0.2, 0.25) is 0 Å². The lowest BCUT2D eigenvalue weighted by atomic mass is 10.2. The van der Waals surface area contributed by atoms with Crippen LogP contribution in [-0.4, -0.2) is 29.4 Å². The molecule has 0 aromatic carbocycles. The second kappa shape index (κ2) is 4.92. The van der Waals surface area contributed by atoms with Crippen LogP contribution in [0.5, 0.6) is 0 Å². The van der Waals surface area contributed by atoms with E-state index in [9.17, 15) is 0 Å². The Morgan fingerprint density at radius 2 is 1.81 bits per heavy atom. The molecule has 4 aromatic rings. The van der Waals surface area contributed by atoms with Gasteiger partial charge < -0.3 is 4.40 Å². The first-order valence-corrected chi connectivity index (χ1v) is 7.35. The summed E-state index contributed by atoms with van der Waals surface area (Å²) in [5.74, 6) is 0.682. The van der Waals surface area contributed by atoms with Gasteiger partial charge in [-0.15, -0.1) is 4.80 Å². The molecular weight excluding hydrogens is 375 g/mol. The SMILES string of the molecule is [123I]c1ccc2nc(-c3ccc(-n4nccn4)nc3)cn2c1. The van der Waals surface area contributed by atoms with Crippen LogP contribution in [0.15, 0.2) is 55.2 Å². The van der Waals surface area contributed by atoms with Crippen molar-refractivity contribution in [3.8, 4) is 17.1 Å². The fourth-order valence-corrected chi connectivity index (χ4v) is 2.57. The molecule has 0 saturated carbocycles. The van der Waals surface area contributed by atoms with Gasteiger partial charge in [-0.1, -0.05) is 0 Å². The number of hydrogen-bond acceptors (Lipinski definition) is 4. The monoisotopic (exact) mass is 384 g/mol. The van der Waals surface area contributed by atoms with Gasteiger partial charge in [-0.3, -0.25) is 0 Å². The van der Waals surface area contributed by atoms with Crippen LogP contribution in [0.2, 0.25) is 0 Å². The van der Waals surface area contributed by atoms with Gasteiger partial charge in [-0.2, -0.15) is 10.2 Å². The zero-order valence-electron chi connectivity index (χ0n) is 10.8. The minimum Gasteiger partial charge on any atom is -0.305 e. The summed E-state index contributed by atoms with van der Waals surface area (Å²) < 4.78 is 3.18. The fraction of sp³-hybridized carbons (Fsp3) is 0. The third kappa shape index (κ3) is 2.29. The standard InChI is InChI=1S/C14H9IN6/c15-11-2-4-14-19-12(9-20(14)8-11)10-1-3-13(16-7-10)21-17-5-6-18-21/h1-9H/i15-4. The number of fused-ring (bicyclic) bond motifs is 1. The highest BCUT2D eigenvalue weighted by atomic mass is 123. The molecule has 0 amide bonds. The van der Waals surface area contributed by atoms with Gasteiger partial charge in [-0.25, -0.2) is 9.97 Å². The predicted molar refractivity (Wildman–Crippen MR) is 86.1 cm³/mol. The van der Waals surface area contributed by atoms with Gasteiger partial charge in [0, 0.05) is 27.7 Å². The molecule has 4 aromatic heterocycles. The van der Waals surface area contributed by atoms with E-state index < -0.39 is 0 Å². The van der Waals surface area contributed by atoms with Crippen LogP contribution in [0, 0.1) is 3.57 Å². The van der Waals surface area contributed by atoms with Crippen LogP contribution < -0.4 is 0 Å². The van der Waals surface area contributed by atoms with E-state index in [2.05, 4.69) is 42.8 Å². The van der Waals surface area contributed by atoms with E-state index in [1.165, 1.54) is 8.37 Å². The summed E-state index contributed by atoms with van der Waals surface area (Å²) in [6.07, 6.45) is 9.08. The lowest BCUT2D eigenvalue weighted by Gasteiger charge is -1.99. The molecule has 0 saturated heterocycles. The zero-order chi connectivity index (χ0) is 14.2. The Morgan fingerprint density at radius 1 is 0.952 bits per heavy atom. The van der Waals surface area contributed by atoms with Crippen molar-refractivity contribution in [1.29, 1.82) is 0 Å². The van der Waals surface area contributed by atoms with E-state index >= 15 is 0 Å². The summed E-state index contributed by atoms with van der Waals surface area (Å²) in [5.41, 5.74) is 2.78. The molecule has 0 atom stereocenters. The molecule has 6 nitrogen and oxygen atoms in total. The third-order valence-electron chi connectivity index (χ3n) is 3.08. The number of aromatic nitrogens is 6. The highest BCUT2D eigenvalue weighted by Crippen LogP contribution is 2.19. The van der Waals surface area contributed by atoms with Crippen LogP contribution in [0.1, 0.15) is 0 Å². The van der Waals surface area contributed by atoms with Crippen molar-refractivity contribution in [1.82, 2.24) is 29.4 Å². The van der Waals surface area contributed by atoms with Gasteiger partial charge in [-0.05, 0) is 46.9 Å². The lowest BCUT2D eigenvalue weighted by Crippen LogP contribution is -2.00.